The van der Waals surface area contributed by atoms with Crippen LogP contribution in [0.1, 0.15) is 33.1 Å². The van der Waals surface area contributed by atoms with Crippen LogP contribution in [0, 0.1) is 5.92 Å². The van der Waals surface area contributed by atoms with Gasteiger partial charge < -0.3 is 15.4 Å². The van der Waals surface area contributed by atoms with E-state index in [2.05, 4.69) is 13.8 Å². The van der Waals surface area contributed by atoms with E-state index in [1.165, 1.54) is 0 Å². The Morgan fingerprint density at radius 1 is 1.56 bits per heavy atom. The molecule has 1 saturated heterocycles. The zero-order chi connectivity index (χ0) is 12.1. The number of ether oxygens (including phenoxy) is 1. The highest BCUT2D eigenvalue weighted by Gasteiger charge is 2.23. The van der Waals surface area contributed by atoms with Crippen molar-refractivity contribution in [3.63, 3.8) is 0 Å². The Hall–Kier alpha value is -0.610. The van der Waals surface area contributed by atoms with E-state index in [9.17, 15) is 4.79 Å². The van der Waals surface area contributed by atoms with E-state index in [4.69, 9.17) is 10.5 Å². The van der Waals surface area contributed by atoms with Gasteiger partial charge in [0.2, 0.25) is 5.91 Å². The number of hydrogen-bond acceptors (Lipinski definition) is 3. The lowest BCUT2D eigenvalue weighted by Gasteiger charge is -2.24. The number of hydrogen-bond donors (Lipinski definition) is 1. The highest BCUT2D eigenvalue weighted by Crippen LogP contribution is 2.13. The first-order chi connectivity index (χ1) is 7.50. The van der Waals surface area contributed by atoms with Crippen LogP contribution in [0.2, 0.25) is 0 Å². The second-order valence-corrected chi connectivity index (χ2v) is 5.09. The van der Waals surface area contributed by atoms with Crippen LogP contribution < -0.4 is 5.73 Å². The van der Waals surface area contributed by atoms with Gasteiger partial charge >= 0.3 is 0 Å². The first-order valence-corrected chi connectivity index (χ1v) is 6.13. The molecule has 0 aromatic rings. The molecule has 0 saturated carbocycles. The van der Waals surface area contributed by atoms with Crippen molar-refractivity contribution in [2.45, 2.75) is 45.3 Å². The topological polar surface area (TPSA) is 55.6 Å². The van der Waals surface area contributed by atoms with Crippen LogP contribution in [0.3, 0.4) is 0 Å². The van der Waals surface area contributed by atoms with Crippen molar-refractivity contribution >= 4 is 5.91 Å². The molecule has 0 aromatic heterocycles. The molecule has 2 N–H and O–H groups in total. The van der Waals surface area contributed by atoms with Gasteiger partial charge in [0.1, 0.15) is 0 Å². The monoisotopic (exact) mass is 228 g/mol. The van der Waals surface area contributed by atoms with Crippen LogP contribution in [-0.4, -0.2) is 43.2 Å². The Kier molecular flexibility index (Phi) is 5.22. The molecule has 0 spiro atoms. The van der Waals surface area contributed by atoms with E-state index in [0.29, 0.717) is 12.5 Å². The summed E-state index contributed by atoms with van der Waals surface area (Å²) in [6.07, 6.45) is 3.11. The van der Waals surface area contributed by atoms with Crippen LogP contribution in [0.4, 0.5) is 0 Å². The first kappa shape index (κ1) is 13.5. The predicted octanol–water partition coefficient (Wildman–Crippen LogP) is 0.997. The fourth-order valence-corrected chi connectivity index (χ4v) is 2.08. The molecule has 0 bridgehead atoms. The molecule has 4 nitrogen and oxygen atoms in total. The summed E-state index contributed by atoms with van der Waals surface area (Å²) in [6.45, 7) is 5.65. The third-order valence-corrected chi connectivity index (χ3v) is 2.92. The summed E-state index contributed by atoms with van der Waals surface area (Å²) >= 11 is 0. The summed E-state index contributed by atoms with van der Waals surface area (Å²) < 4.78 is 5.50. The van der Waals surface area contributed by atoms with Gasteiger partial charge in [-0.25, -0.2) is 0 Å². The van der Waals surface area contributed by atoms with Gasteiger partial charge in [0.05, 0.1) is 12.1 Å². The number of nitrogens with two attached hydrogens (primary N) is 1. The smallest absolute Gasteiger partial charge is 0.239 e. The lowest BCUT2D eigenvalue weighted by molar-refractivity contribution is -0.133. The van der Waals surface area contributed by atoms with Gasteiger partial charge in [-0.05, 0) is 25.2 Å². The van der Waals surface area contributed by atoms with Crippen LogP contribution in [0.5, 0.6) is 0 Å². The molecule has 0 radical (unpaired) electrons. The standard InChI is InChI=1S/C12H24N2O2/c1-9(2)7-11(13)12(15)14(3)8-10-5-4-6-16-10/h9-11H,4-8,13H2,1-3H3/t10?,11-/m1/s1. The molecule has 94 valence electrons. The normalized spacial score (nSPS) is 22.4. The summed E-state index contributed by atoms with van der Waals surface area (Å²) in [4.78, 5) is 13.6. The second kappa shape index (κ2) is 6.21. The fourth-order valence-electron chi connectivity index (χ4n) is 2.08. The summed E-state index contributed by atoms with van der Waals surface area (Å²) in [5.74, 6) is 0.485. The van der Waals surface area contributed by atoms with Gasteiger partial charge in [0.15, 0.2) is 0 Å². The third-order valence-electron chi connectivity index (χ3n) is 2.92. The minimum absolute atomic E-state index is 0.0317. The average molecular weight is 228 g/mol. The van der Waals surface area contributed by atoms with E-state index in [0.717, 1.165) is 25.9 Å². The van der Waals surface area contributed by atoms with E-state index in [-0.39, 0.29) is 18.1 Å². The summed E-state index contributed by atoms with van der Waals surface area (Å²) in [6, 6.07) is -0.369. The highest BCUT2D eigenvalue weighted by molar-refractivity contribution is 5.81. The van der Waals surface area contributed by atoms with Crippen molar-refractivity contribution in [3.8, 4) is 0 Å². The number of likely N-dealkylation sites (N-methyl/N-ethyl adjacent to an activating group) is 1. The van der Waals surface area contributed by atoms with E-state index in [1.807, 2.05) is 7.05 Å². The van der Waals surface area contributed by atoms with Crippen molar-refractivity contribution in [1.29, 1.82) is 0 Å². The van der Waals surface area contributed by atoms with Crippen molar-refractivity contribution in [2.75, 3.05) is 20.2 Å². The Labute approximate surface area is 98.1 Å². The van der Waals surface area contributed by atoms with Gasteiger partial charge in [-0.3, -0.25) is 4.79 Å². The first-order valence-electron chi connectivity index (χ1n) is 6.13. The predicted molar refractivity (Wildman–Crippen MR) is 64.0 cm³/mol. The van der Waals surface area contributed by atoms with Crippen LogP contribution >= 0.6 is 0 Å². The third kappa shape index (κ3) is 4.10. The molecule has 1 aliphatic rings. The van der Waals surface area contributed by atoms with Crippen LogP contribution in [0.25, 0.3) is 0 Å². The molecule has 2 atom stereocenters. The molecule has 1 fully saturated rings. The maximum absolute atomic E-state index is 11.9. The van der Waals surface area contributed by atoms with E-state index in [1.54, 1.807) is 4.90 Å². The molecule has 0 aromatic carbocycles. The highest BCUT2D eigenvalue weighted by atomic mass is 16.5. The Morgan fingerprint density at radius 3 is 2.75 bits per heavy atom. The average Bonchev–Trinajstić information content (AvgIpc) is 2.68. The molecule has 1 aliphatic heterocycles. The largest absolute Gasteiger partial charge is 0.376 e. The van der Waals surface area contributed by atoms with Crippen LogP contribution in [-0.2, 0) is 9.53 Å². The van der Waals surface area contributed by atoms with Gasteiger partial charge in [-0.1, -0.05) is 13.8 Å². The number of carbonyl (C=O) groups is 1. The maximum Gasteiger partial charge on any atom is 0.239 e. The van der Waals surface area contributed by atoms with E-state index < -0.39 is 0 Å². The lowest BCUT2D eigenvalue weighted by atomic mass is 10.0. The van der Waals surface area contributed by atoms with Gasteiger partial charge in [-0.15, -0.1) is 0 Å². The van der Waals surface area contributed by atoms with Gasteiger partial charge in [0.25, 0.3) is 0 Å². The number of rotatable bonds is 5. The minimum atomic E-state index is -0.369. The summed E-state index contributed by atoms with van der Waals surface area (Å²) in [5, 5.41) is 0. The minimum Gasteiger partial charge on any atom is -0.376 e. The van der Waals surface area contributed by atoms with Crippen molar-refractivity contribution in [3.05, 3.63) is 0 Å². The molecule has 0 aliphatic carbocycles. The molecule has 4 heteroatoms. The maximum atomic E-state index is 11.9. The Morgan fingerprint density at radius 2 is 2.25 bits per heavy atom. The number of carbonyl (C=O) groups excluding carboxylic acids is 1. The fraction of sp³-hybridized carbons (Fsp3) is 0.917. The number of nitrogens with zero attached hydrogens (tertiary/aromatic N) is 1. The molecule has 1 heterocycles. The lowest BCUT2D eigenvalue weighted by Crippen LogP contribution is -2.45. The molecule has 1 amide bonds. The Balaban J connectivity index is 2.33. The zero-order valence-electron chi connectivity index (χ0n) is 10.6. The molecular formula is C12H24N2O2. The molecule has 1 rings (SSSR count). The van der Waals surface area contributed by atoms with Crippen molar-refractivity contribution in [1.82, 2.24) is 4.90 Å². The van der Waals surface area contributed by atoms with Gasteiger partial charge in [-0.2, -0.15) is 0 Å². The van der Waals surface area contributed by atoms with Crippen molar-refractivity contribution < 1.29 is 9.53 Å². The van der Waals surface area contributed by atoms with Gasteiger partial charge in [0, 0.05) is 20.2 Å². The van der Waals surface area contributed by atoms with E-state index >= 15 is 0 Å². The molecular weight excluding hydrogens is 204 g/mol. The molecule has 1 unspecified atom stereocenters. The summed E-state index contributed by atoms with van der Waals surface area (Å²) in [7, 11) is 1.81. The molecule has 16 heavy (non-hydrogen) atoms. The second-order valence-electron chi connectivity index (χ2n) is 5.09. The quantitative estimate of drug-likeness (QED) is 0.763. The number of amides is 1. The van der Waals surface area contributed by atoms with Crippen LogP contribution in [0.15, 0.2) is 0 Å². The Bertz CT molecular complexity index is 225. The zero-order valence-corrected chi connectivity index (χ0v) is 10.6. The SMILES string of the molecule is CC(C)C[C@@H](N)C(=O)N(C)CC1CCCO1. The summed E-state index contributed by atoms with van der Waals surface area (Å²) in [5.41, 5.74) is 5.86. The van der Waals surface area contributed by atoms with Crippen molar-refractivity contribution in [2.24, 2.45) is 11.7 Å².